The molecule has 1 amide bonds. The average molecular weight is 353 g/mol. The van der Waals surface area contributed by atoms with Crippen LogP contribution in [0.5, 0.6) is 0 Å². The molecule has 0 saturated heterocycles. The number of rotatable bonds is 3. The van der Waals surface area contributed by atoms with Crippen LogP contribution in [0.15, 0.2) is 18.5 Å². The van der Waals surface area contributed by atoms with Gasteiger partial charge < -0.3 is 5.32 Å². The molecule has 2 atom stereocenters. The summed E-state index contributed by atoms with van der Waals surface area (Å²) >= 11 is 0. The molecule has 134 valence electrons. The van der Waals surface area contributed by atoms with Crippen LogP contribution in [-0.4, -0.2) is 25.7 Å². The fraction of sp³-hybridized carbons (Fsp3) is 0.500. The van der Waals surface area contributed by atoms with E-state index in [-0.39, 0.29) is 6.04 Å². The number of amides is 1. The summed E-state index contributed by atoms with van der Waals surface area (Å²) in [5.74, 6) is 0.283. The second kappa shape index (κ2) is 6.45. The van der Waals surface area contributed by atoms with E-state index in [1.807, 2.05) is 0 Å². The largest absolute Gasteiger partial charge is 0.435 e. The van der Waals surface area contributed by atoms with Crippen molar-refractivity contribution in [2.45, 2.75) is 51.4 Å². The summed E-state index contributed by atoms with van der Waals surface area (Å²) in [5.41, 5.74) is 0.767. The van der Waals surface area contributed by atoms with Crippen LogP contribution in [-0.2, 0) is 17.4 Å². The molecule has 2 aromatic rings. The second-order valence-electron chi connectivity index (χ2n) is 6.13. The molecule has 6 nitrogen and oxygen atoms in total. The Morgan fingerprint density at radius 3 is 2.88 bits per heavy atom. The molecule has 0 saturated carbocycles. The van der Waals surface area contributed by atoms with Gasteiger partial charge in [-0.2, -0.15) is 18.3 Å². The van der Waals surface area contributed by atoms with Gasteiger partial charge in [0.1, 0.15) is 11.9 Å². The van der Waals surface area contributed by atoms with Gasteiger partial charge in [0.25, 0.3) is 0 Å². The summed E-state index contributed by atoms with van der Waals surface area (Å²) < 4.78 is 39.0. The molecule has 2 heterocycles. The third-order valence-electron chi connectivity index (χ3n) is 4.29. The number of halogens is 3. The van der Waals surface area contributed by atoms with Crippen LogP contribution in [0.3, 0.4) is 0 Å². The summed E-state index contributed by atoms with van der Waals surface area (Å²) in [4.78, 5) is 21.0. The van der Waals surface area contributed by atoms with Crippen molar-refractivity contribution in [1.29, 1.82) is 0 Å². The van der Waals surface area contributed by atoms with E-state index in [1.165, 1.54) is 6.92 Å². The second-order valence-corrected chi connectivity index (χ2v) is 6.13. The molecule has 0 bridgehead atoms. The van der Waals surface area contributed by atoms with Gasteiger partial charge in [0.05, 0.1) is 6.04 Å². The number of nitrogens with one attached hydrogen (secondary N) is 1. The number of hydrogen-bond acceptors (Lipinski definition) is 4. The van der Waals surface area contributed by atoms with Gasteiger partial charge in [-0.15, -0.1) is 0 Å². The third-order valence-corrected chi connectivity index (χ3v) is 4.29. The van der Waals surface area contributed by atoms with Gasteiger partial charge >= 0.3 is 6.18 Å². The Hall–Kier alpha value is -2.45. The van der Waals surface area contributed by atoms with Gasteiger partial charge in [-0.1, -0.05) is 0 Å². The quantitative estimate of drug-likeness (QED) is 0.921. The molecular weight excluding hydrogens is 335 g/mol. The molecule has 0 aromatic carbocycles. The maximum Gasteiger partial charge on any atom is 0.435 e. The Morgan fingerprint density at radius 2 is 2.20 bits per heavy atom. The normalized spacial score (nSPS) is 18.5. The van der Waals surface area contributed by atoms with Crippen LogP contribution in [0.4, 0.5) is 13.2 Å². The van der Waals surface area contributed by atoms with E-state index in [0.29, 0.717) is 5.82 Å². The molecule has 0 aliphatic heterocycles. The molecule has 0 spiro atoms. The topological polar surface area (TPSA) is 72.7 Å². The first kappa shape index (κ1) is 17.4. The summed E-state index contributed by atoms with van der Waals surface area (Å²) in [7, 11) is 0. The maximum absolute atomic E-state index is 12.6. The van der Waals surface area contributed by atoms with E-state index in [1.54, 1.807) is 13.1 Å². The minimum atomic E-state index is -4.53. The Balaban J connectivity index is 1.74. The SMILES string of the molecule is Cc1ncc2c(n1)CCC[C@H]2NC(=O)[C@@H](C)n1ccc(C(F)(F)F)n1. The van der Waals surface area contributed by atoms with Gasteiger partial charge in [-0.05, 0) is 39.2 Å². The van der Waals surface area contributed by atoms with Crippen LogP contribution >= 0.6 is 0 Å². The number of aryl methyl sites for hydroxylation is 2. The fourth-order valence-electron chi connectivity index (χ4n) is 2.91. The Labute approximate surface area is 142 Å². The van der Waals surface area contributed by atoms with Crippen molar-refractivity contribution in [3.05, 3.63) is 41.2 Å². The van der Waals surface area contributed by atoms with Crippen LogP contribution in [0.2, 0.25) is 0 Å². The molecule has 3 rings (SSSR count). The van der Waals surface area contributed by atoms with Gasteiger partial charge in [-0.25, -0.2) is 9.97 Å². The molecule has 1 aliphatic rings. The number of hydrogen-bond donors (Lipinski definition) is 1. The van der Waals surface area contributed by atoms with Crippen LogP contribution < -0.4 is 5.32 Å². The number of carbonyl (C=O) groups excluding carboxylic acids is 1. The highest BCUT2D eigenvalue weighted by Crippen LogP contribution is 2.29. The maximum atomic E-state index is 12.6. The van der Waals surface area contributed by atoms with Gasteiger partial charge in [0.15, 0.2) is 5.69 Å². The molecule has 25 heavy (non-hydrogen) atoms. The van der Waals surface area contributed by atoms with Crippen molar-refractivity contribution < 1.29 is 18.0 Å². The van der Waals surface area contributed by atoms with E-state index < -0.39 is 23.8 Å². The van der Waals surface area contributed by atoms with Crippen molar-refractivity contribution in [2.75, 3.05) is 0 Å². The molecule has 2 aromatic heterocycles. The highest BCUT2D eigenvalue weighted by molar-refractivity contribution is 5.80. The van der Waals surface area contributed by atoms with E-state index in [0.717, 1.165) is 47.5 Å². The summed E-state index contributed by atoms with van der Waals surface area (Å²) in [6.45, 7) is 3.32. The third kappa shape index (κ3) is 3.64. The lowest BCUT2D eigenvalue weighted by atomic mass is 9.92. The first-order valence-corrected chi connectivity index (χ1v) is 8.01. The number of carbonyl (C=O) groups is 1. The summed E-state index contributed by atoms with van der Waals surface area (Å²) in [6, 6.07) is -0.235. The first-order valence-electron chi connectivity index (χ1n) is 8.01. The molecule has 1 aliphatic carbocycles. The fourth-order valence-corrected chi connectivity index (χ4v) is 2.91. The lowest BCUT2D eigenvalue weighted by molar-refractivity contribution is -0.142. The first-order chi connectivity index (χ1) is 11.8. The predicted octanol–water partition coefficient (Wildman–Crippen LogP) is 2.76. The van der Waals surface area contributed by atoms with E-state index >= 15 is 0 Å². The Bertz CT molecular complexity index is 786. The predicted molar refractivity (Wildman–Crippen MR) is 82.5 cm³/mol. The number of aromatic nitrogens is 4. The van der Waals surface area contributed by atoms with E-state index in [2.05, 4.69) is 20.4 Å². The highest BCUT2D eigenvalue weighted by Gasteiger charge is 2.34. The van der Waals surface area contributed by atoms with Crippen molar-refractivity contribution in [3.8, 4) is 0 Å². The van der Waals surface area contributed by atoms with Crippen LogP contribution in [0.1, 0.15) is 54.6 Å². The van der Waals surface area contributed by atoms with Crippen molar-refractivity contribution in [2.24, 2.45) is 0 Å². The van der Waals surface area contributed by atoms with Crippen LogP contribution in [0.25, 0.3) is 0 Å². The molecular formula is C16H18F3N5O. The van der Waals surface area contributed by atoms with Crippen molar-refractivity contribution in [3.63, 3.8) is 0 Å². The average Bonchev–Trinajstić information content (AvgIpc) is 3.04. The number of fused-ring (bicyclic) bond motifs is 1. The van der Waals surface area contributed by atoms with Crippen molar-refractivity contribution >= 4 is 5.91 Å². The van der Waals surface area contributed by atoms with E-state index in [4.69, 9.17) is 0 Å². The minimum absolute atomic E-state index is 0.239. The standard InChI is InChI=1S/C16H18F3N5O/c1-9(24-7-6-14(23-24)16(17,18)19)15(25)22-13-5-3-4-12-11(13)8-20-10(2)21-12/h6-9,13H,3-5H2,1-2H3,(H,22,25)/t9-,13-/m1/s1. The van der Waals surface area contributed by atoms with Gasteiger partial charge in [0, 0.05) is 23.7 Å². The zero-order valence-electron chi connectivity index (χ0n) is 13.8. The minimum Gasteiger partial charge on any atom is -0.347 e. The molecule has 1 N–H and O–H groups in total. The van der Waals surface area contributed by atoms with Gasteiger partial charge in [0.2, 0.25) is 5.91 Å². The van der Waals surface area contributed by atoms with Crippen molar-refractivity contribution in [1.82, 2.24) is 25.1 Å². The van der Waals surface area contributed by atoms with Gasteiger partial charge in [-0.3, -0.25) is 9.48 Å². The smallest absolute Gasteiger partial charge is 0.347 e. The molecule has 0 fully saturated rings. The highest BCUT2D eigenvalue weighted by atomic mass is 19.4. The van der Waals surface area contributed by atoms with Crippen LogP contribution in [0, 0.1) is 6.92 Å². The molecule has 0 unspecified atom stereocenters. The lowest BCUT2D eigenvalue weighted by Gasteiger charge is -2.26. The monoisotopic (exact) mass is 353 g/mol. The molecule has 9 heteroatoms. The zero-order chi connectivity index (χ0) is 18.2. The Morgan fingerprint density at radius 1 is 1.44 bits per heavy atom. The number of nitrogens with zero attached hydrogens (tertiary/aromatic N) is 4. The summed E-state index contributed by atoms with van der Waals surface area (Å²) in [5, 5.41) is 6.34. The number of alkyl halides is 3. The van der Waals surface area contributed by atoms with E-state index in [9.17, 15) is 18.0 Å². The zero-order valence-corrected chi connectivity index (χ0v) is 13.8. The molecule has 0 radical (unpaired) electrons. The summed E-state index contributed by atoms with van der Waals surface area (Å²) in [6.07, 6.45) is 0.789. The Kier molecular flexibility index (Phi) is 4.49. The lowest BCUT2D eigenvalue weighted by Crippen LogP contribution is -2.36.